The van der Waals surface area contributed by atoms with Crippen LogP contribution in [0.15, 0.2) is 0 Å². The van der Waals surface area contributed by atoms with E-state index in [4.69, 9.17) is 0 Å². The van der Waals surface area contributed by atoms with E-state index in [9.17, 15) is 9.59 Å². The Labute approximate surface area is 65.2 Å². The van der Waals surface area contributed by atoms with Crippen LogP contribution in [0, 0.1) is 11.8 Å². The molecule has 0 aromatic carbocycles. The Morgan fingerprint density at radius 1 is 1.27 bits per heavy atom. The largest absolute Gasteiger partial charge is 0.316 e. The molecule has 0 amide bonds. The third-order valence-electron chi connectivity index (χ3n) is 2.69. The highest BCUT2D eigenvalue weighted by Crippen LogP contribution is 2.27. The van der Waals surface area contributed by atoms with Gasteiger partial charge in [0.15, 0.2) is 5.78 Å². The van der Waals surface area contributed by atoms with Gasteiger partial charge in [0.2, 0.25) is 5.78 Å². The van der Waals surface area contributed by atoms with Gasteiger partial charge in [0.05, 0.1) is 0 Å². The summed E-state index contributed by atoms with van der Waals surface area (Å²) in [6, 6.07) is 0. The number of hydrogen-bond donors (Lipinski definition) is 1. The first-order valence-electron chi connectivity index (χ1n) is 4.07. The molecule has 2 aliphatic rings. The lowest BCUT2D eigenvalue weighted by Gasteiger charge is -2.20. The van der Waals surface area contributed by atoms with Crippen LogP contribution < -0.4 is 5.32 Å². The van der Waals surface area contributed by atoms with Gasteiger partial charge in [0, 0.05) is 18.9 Å². The Hall–Kier alpha value is -0.700. The zero-order valence-corrected chi connectivity index (χ0v) is 6.30. The SMILES string of the molecule is O=C1CCC2CNCC2C1=O. The third kappa shape index (κ3) is 0.997. The standard InChI is InChI=1S/C8H11NO2/c10-7-2-1-5-3-9-4-6(5)8(7)11/h5-6,9H,1-4H2. The maximum absolute atomic E-state index is 11.2. The van der Waals surface area contributed by atoms with Crippen molar-refractivity contribution in [2.75, 3.05) is 13.1 Å². The van der Waals surface area contributed by atoms with E-state index in [1.807, 2.05) is 0 Å². The average molecular weight is 153 g/mol. The van der Waals surface area contributed by atoms with Crippen LogP contribution in [0.25, 0.3) is 0 Å². The number of nitrogens with one attached hydrogen (secondary N) is 1. The molecule has 0 spiro atoms. The summed E-state index contributed by atoms with van der Waals surface area (Å²) >= 11 is 0. The van der Waals surface area contributed by atoms with Crippen LogP contribution in [0.4, 0.5) is 0 Å². The van der Waals surface area contributed by atoms with E-state index < -0.39 is 0 Å². The van der Waals surface area contributed by atoms with Gasteiger partial charge in [-0.2, -0.15) is 0 Å². The number of fused-ring (bicyclic) bond motifs is 1. The van der Waals surface area contributed by atoms with Crippen LogP contribution in [0.3, 0.4) is 0 Å². The first kappa shape index (κ1) is 6.98. The van der Waals surface area contributed by atoms with Crippen LogP contribution >= 0.6 is 0 Å². The van der Waals surface area contributed by atoms with Crippen molar-refractivity contribution in [1.29, 1.82) is 0 Å². The van der Waals surface area contributed by atoms with E-state index >= 15 is 0 Å². The van der Waals surface area contributed by atoms with Crippen molar-refractivity contribution >= 4 is 11.6 Å². The highest BCUT2D eigenvalue weighted by Gasteiger charge is 2.39. The third-order valence-corrected chi connectivity index (χ3v) is 2.69. The summed E-state index contributed by atoms with van der Waals surface area (Å²) < 4.78 is 0. The second-order valence-electron chi connectivity index (χ2n) is 3.35. The molecule has 2 atom stereocenters. The number of ketones is 2. The fourth-order valence-electron chi connectivity index (χ4n) is 1.99. The van der Waals surface area contributed by atoms with Gasteiger partial charge >= 0.3 is 0 Å². The van der Waals surface area contributed by atoms with Crippen LogP contribution in [0.5, 0.6) is 0 Å². The van der Waals surface area contributed by atoms with Crippen molar-refractivity contribution in [3.8, 4) is 0 Å². The lowest BCUT2D eigenvalue weighted by atomic mass is 9.80. The summed E-state index contributed by atoms with van der Waals surface area (Å²) in [4.78, 5) is 22.2. The summed E-state index contributed by atoms with van der Waals surface area (Å²) in [5.41, 5.74) is 0. The minimum absolute atomic E-state index is 0.0104. The highest BCUT2D eigenvalue weighted by atomic mass is 16.2. The lowest BCUT2D eigenvalue weighted by Crippen LogP contribution is -2.34. The van der Waals surface area contributed by atoms with Gasteiger partial charge in [-0.25, -0.2) is 0 Å². The van der Waals surface area contributed by atoms with E-state index in [0.717, 1.165) is 19.5 Å². The van der Waals surface area contributed by atoms with Crippen molar-refractivity contribution in [1.82, 2.24) is 5.32 Å². The molecule has 3 nitrogen and oxygen atoms in total. The number of carbonyl (C=O) groups excluding carboxylic acids is 2. The average Bonchev–Trinajstić information content (AvgIpc) is 2.45. The highest BCUT2D eigenvalue weighted by molar-refractivity contribution is 6.38. The molecule has 1 saturated heterocycles. The van der Waals surface area contributed by atoms with Crippen molar-refractivity contribution in [3.05, 3.63) is 0 Å². The molecule has 2 unspecified atom stereocenters. The van der Waals surface area contributed by atoms with E-state index in [-0.39, 0.29) is 17.5 Å². The lowest BCUT2D eigenvalue weighted by molar-refractivity contribution is -0.141. The maximum Gasteiger partial charge on any atom is 0.203 e. The molecule has 0 bridgehead atoms. The number of hydrogen-bond acceptors (Lipinski definition) is 3. The predicted octanol–water partition coefficient (Wildman–Crippen LogP) is -0.246. The van der Waals surface area contributed by atoms with E-state index in [2.05, 4.69) is 5.32 Å². The van der Waals surface area contributed by atoms with Gasteiger partial charge in [0.1, 0.15) is 0 Å². The first-order valence-corrected chi connectivity index (χ1v) is 4.07. The Morgan fingerprint density at radius 2 is 2.09 bits per heavy atom. The molecule has 1 aliphatic carbocycles. The summed E-state index contributed by atoms with van der Waals surface area (Å²) in [6.07, 6.45) is 1.38. The predicted molar refractivity (Wildman–Crippen MR) is 39.1 cm³/mol. The molecule has 11 heavy (non-hydrogen) atoms. The number of Topliss-reactive ketones (excluding diaryl/α,β-unsaturated/α-hetero) is 2. The van der Waals surface area contributed by atoms with E-state index in [1.54, 1.807) is 0 Å². The molecule has 2 fully saturated rings. The van der Waals surface area contributed by atoms with Crippen LogP contribution in [-0.2, 0) is 9.59 Å². The Kier molecular flexibility index (Phi) is 1.53. The summed E-state index contributed by atoms with van der Waals surface area (Å²) in [5.74, 6) is 0.164. The monoisotopic (exact) mass is 153 g/mol. The molecule has 60 valence electrons. The molecule has 0 radical (unpaired) electrons. The van der Waals surface area contributed by atoms with Crippen LogP contribution in [0.1, 0.15) is 12.8 Å². The van der Waals surface area contributed by atoms with Gasteiger partial charge in [-0.3, -0.25) is 9.59 Å². The summed E-state index contributed by atoms with van der Waals surface area (Å²) in [5, 5.41) is 3.14. The normalized spacial score (nSPS) is 37.5. The van der Waals surface area contributed by atoms with Crippen molar-refractivity contribution in [2.24, 2.45) is 11.8 Å². The van der Waals surface area contributed by atoms with Gasteiger partial charge in [-0.15, -0.1) is 0 Å². The van der Waals surface area contributed by atoms with Crippen LogP contribution in [0.2, 0.25) is 0 Å². The minimum atomic E-state index is -0.157. The first-order chi connectivity index (χ1) is 5.29. The molecular formula is C8H11NO2. The second-order valence-corrected chi connectivity index (χ2v) is 3.35. The van der Waals surface area contributed by atoms with Crippen molar-refractivity contribution < 1.29 is 9.59 Å². The number of rotatable bonds is 0. The summed E-state index contributed by atoms with van der Waals surface area (Å²) in [7, 11) is 0. The molecule has 0 aromatic rings. The minimum Gasteiger partial charge on any atom is -0.316 e. The van der Waals surface area contributed by atoms with Crippen LogP contribution in [-0.4, -0.2) is 24.7 Å². The smallest absolute Gasteiger partial charge is 0.203 e. The quantitative estimate of drug-likeness (QED) is 0.488. The second kappa shape index (κ2) is 2.41. The molecule has 1 aliphatic heterocycles. The molecule has 1 N–H and O–H groups in total. The van der Waals surface area contributed by atoms with Gasteiger partial charge < -0.3 is 5.32 Å². The maximum atomic E-state index is 11.2. The van der Waals surface area contributed by atoms with Crippen molar-refractivity contribution in [3.63, 3.8) is 0 Å². The number of carbonyl (C=O) groups is 2. The molecule has 1 saturated carbocycles. The van der Waals surface area contributed by atoms with E-state index in [1.165, 1.54) is 0 Å². The van der Waals surface area contributed by atoms with Gasteiger partial charge in [-0.05, 0) is 18.9 Å². The zero-order chi connectivity index (χ0) is 7.84. The fourth-order valence-corrected chi connectivity index (χ4v) is 1.99. The van der Waals surface area contributed by atoms with Crippen molar-refractivity contribution in [2.45, 2.75) is 12.8 Å². The zero-order valence-electron chi connectivity index (χ0n) is 6.30. The van der Waals surface area contributed by atoms with E-state index in [0.29, 0.717) is 12.3 Å². The molecule has 3 heteroatoms. The molecule has 2 rings (SSSR count). The summed E-state index contributed by atoms with van der Waals surface area (Å²) in [6.45, 7) is 1.64. The van der Waals surface area contributed by atoms with Gasteiger partial charge in [-0.1, -0.05) is 0 Å². The Balaban J connectivity index is 2.18. The molecule has 1 heterocycles. The molecular weight excluding hydrogens is 142 g/mol. The topological polar surface area (TPSA) is 46.2 Å². The van der Waals surface area contributed by atoms with Gasteiger partial charge in [0.25, 0.3) is 0 Å². The Bertz CT molecular complexity index is 212. The molecule has 0 aromatic heterocycles. The fraction of sp³-hybridized carbons (Fsp3) is 0.750. The Morgan fingerprint density at radius 3 is 2.91 bits per heavy atom.